The third kappa shape index (κ3) is 3.75. The maximum absolute atomic E-state index is 12.2. The fourth-order valence-electron chi connectivity index (χ4n) is 2.55. The van der Waals surface area contributed by atoms with Gasteiger partial charge in [-0.2, -0.15) is 0 Å². The van der Waals surface area contributed by atoms with Gasteiger partial charge in [-0.1, -0.05) is 15.9 Å². The number of aliphatic carboxylic acids is 1. The molecule has 1 fully saturated rings. The van der Waals surface area contributed by atoms with Crippen molar-refractivity contribution in [3.8, 4) is 0 Å². The highest BCUT2D eigenvalue weighted by atomic mass is 79.9. The van der Waals surface area contributed by atoms with Crippen molar-refractivity contribution in [2.75, 3.05) is 18.4 Å². The van der Waals surface area contributed by atoms with Crippen molar-refractivity contribution in [1.29, 1.82) is 0 Å². The van der Waals surface area contributed by atoms with Gasteiger partial charge in [0.25, 0.3) is 0 Å². The molecule has 114 valence electrons. The highest BCUT2D eigenvalue weighted by Crippen LogP contribution is 2.25. The van der Waals surface area contributed by atoms with E-state index in [1.54, 1.807) is 4.90 Å². The van der Waals surface area contributed by atoms with Gasteiger partial charge in [-0.25, -0.2) is 4.79 Å². The lowest BCUT2D eigenvalue weighted by Gasteiger charge is -2.30. The van der Waals surface area contributed by atoms with Gasteiger partial charge in [0, 0.05) is 23.2 Å². The number of aryl methyl sites for hydroxylation is 2. The van der Waals surface area contributed by atoms with E-state index in [1.807, 2.05) is 26.0 Å². The van der Waals surface area contributed by atoms with Gasteiger partial charge in [0.2, 0.25) is 0 Å². The first-order valence-corrected chi connectivity index (χ1v) is 7.73. The Hall–Kier alpha value is -1.56. The molecule has 0 radical (unpaired) electrons. The second-order valence-corrected chi connectivity index (χ2v) is 6.25. The van der Waals surface area contributed by atoms with Crippen LogP contribution in [0.1, 0.15) is 24.0 Å². The van der Waals surface area contributed by atoms with Gasteiger partial charge in [0.1, 0.15) is 0 Å². The summed E-state index contributed by atoms with van der Waals surface area (Å²) in [6.07, 6.45) is 1.03. The lowest BCUT2D eigenvalue weighted by molar-refractivity contribution is -0.143. The highest BCUT2D eigenvalue weighted by Gasteiger charge is 2.27. The van der Waals surface area contributed by atoms with Gasteiger partial charge in [-0.15, -0.1) is 0 Å². The van der Waals surface area contributed by atoms with Gasteiger partial charge in [-0.3, -0.25) is 4.79 Å². The number of piperidine rings is 1. The number of carboxylic acids is 1. The Morgan fingerprint density at radius 2 is 1.76 bits per heavy atom. The molecule has 0 aromatic heterocycles. The van der Waals surface area contributed by atoms with Crippen molar-refractivity contribution in [2.24, 2.45) is 5.92 Å². The maximum atomic E-state index is 12.2. The van der Waals surface area contributed by atoms with Crippen LogP contribution in [0.5, 0.6) is 0 Å². The van der Waals surface area contributed by atoms with Crippen LogP contribution in [0.15, 0.2) is 16.6 Å². The molecule has 0 atom stereocenters. The zero-order valence-corrected chi connectivity index (χ0v) is 13.7. The molecule has 1 aliphatic heterocycles. The number of anilines is 1. The normalized spacial score (nSPS) is 15.9. The summed E-state index contributed by atoms with van der Waals surface area (Å²) in [6.45, 7) is 4.92. The summed E-state index contributed by atoms with van der Waals surface area (Å²) >= 11 is 3.50. The van der Waals surface area contributed by atoms with Crippen molar-refractivity contribution in [3.05, 3.63) is 27.7 Å². The van der Waals surface area contributed by atoms with Crippen molar-refractivity contribution in [2.45, 2.75) is 26.7 Å². The maximum Gasteiger partial charge on any atom is 0.321 e. The average Bonchev–Trinajstić information content (AvgIpc) is 2.44. The molecule has 1 saturated heterocycles. The van der Waals surface area contributed by atoms with Gasteiger partial charge in [0.05, 0.1) is 5.92 Å². The largest absolute Gasteiger partial charge is 0.481 e. The van der Waals surface area contributed by atoms with Crippen LogP contribution in [-0.2, 0) is 4.79 Å². The third-order valence-electron chi connectivity index (χ3n) is 3.82. The minimum absolute atomic E-state index is 0.167. The SMILES string of the molecule is Cc1cc(NC(=O)N2CCC(C(=O)O)CC2)cc(C)c1Br. The number of rotatable bonds is 2. The Bertz CT molecular complexity index is 543. The summed E-state index contributed by atoms with van der Waals surface area (Å²) in [6, 6.07) is 3.66. The number of hydrogen-bond acceptors (Lipinski definition) is 2. The van der Waals surface area contributed by atoms with Crippen molar-refractivity contribution in [3.63, 3.8) is 0 Å². The predicted molar refractivity (Wildman–Crippen MR) is 84.6 cm³/mol. The second kappa shape index (κ2) is 6.47. The first kappa shape index (κ1) is 15.8. The zero-order chi connectivity index (χ0) is 15.6. The molecule has 1 aromatic carbocycles. The number of amides is 2. The summed E-state index contributed by atoms with van der Waals surface area (Å²) < 4.78 is 1.04. The van der Waals surface area contributed by atoms with Crippen molar-refractivity contribution >= 4 is 33.6 Å². The molecular formula is C15H19BrN2O3. The molecule has 1 aromatic rings. The molecule has 1 aliphatic rings. The molecule has 2 N–H and O–H groups in total. The fraction of sp³-hybridized carbons (Fsp3) is 0.467. The first-order chi connectivity index (χ1) is 9.88. The van der Waals surface area contributed by atoms with Crippen LogP contribution in [0.4, 0.5) is 10.5 Å². The Kier molecular flexibility index (Phi) is 4.88. The topological polar surface area (TPSA) is 69.6 Å². The average molecular weight is 355 g/mol. The van der Waals surface area contributed by atoms with E-state index in [4.69, 9.17) is 5.11 Å². The van der Waals surface area contributed by atoms with Crippen LogP contribution < -0.4 is 5.32 Å². The van der Waals surface area contributed by atoms with Crippen LogP contribution in [0.3, 0.4) is 0 Å². The van der Waals surface area contributed by atoms with Crippen LogP contribution in [0, 0.1) is 19.8 Å². The smallest absolute Gasteiger partial charge is 0.321 e. The number of likely N-dealkylation sites (tertiary alicyclic amines) is 1. The Labute approximate surface area is 132 Å². The quantitative estimate of drug-likeness (QED) is 0.854. The van der Waals surface area contributed by atoms with E-state index in [-0.39, 0.29) is 11.9 Å². The van der Waals surface area contributed by atoms with E-state index >= 15 is 0 Å². The minimum atomic E-state index is -0.769. The summed E-state index contributed by atoms with van der Waals surface area (Å²) in [7, 11) is 0. The summed E-state index contributed by atoms with van der Waals surface area (Å²) in [5.74, 6) is -1.10. The number of halogens is 1. The van der Waals surface area contributed by atoms with Crippen LogP contribution in [-0.4, -0.2) is 35.1 Å². The van der Waals surface area contributed by atoms with Crippen molar-refractivity contribution < 1.29 is 14.7 Å². The van der Waals surface area contributed by atoms with Gasteiger partial charge < -0.3 is 15.3 Å². The molecule has 0 bridgehead atoms. The monoisotopic (exact) mass is 354 g/mol. The summed E-state index contributed by atoms with van der Waals surface area (Å²) in [5, 5.41) is 11.8. The first-order valence-electron chi connectivity index (χ1n) is 6.94. The molecule has 21 heavy (non-hydrogen) atoms. The van der Waals surface area contributed by atoms with E-state index in [9.17, 15) is 9.59 Å². The van der Waals surface area contributed by atoms with E-state index in [0.29, 0.717) is 25.9 Å². The van der Waals surface area contributed by atoms with Crippen molar-refractivity contribution in [1.82, 2.24) is 4.90 Å². The highest BCUT2D eigenvalue weighted by molar-refractivity contribution is 9.10. The molecule has 6 heteroatoms. The standard InChI is InChI=1S/C15H19BrN2O3/c1-9-7-12(8-10(2)13(9)16)17-15(21)18-5-3-11(4-6-18)14(19)20/h7-8,11H,3-6H2,1-2H3,(H,17,21)(H,19,20). The number of benzene rings is 1. The molecule has 0 aliphatic carbocycles. The minimum Gasteiger partial charge on any atom is -0.481 e. The van der Waals surface area contributed by atoms with E-state index in [0.717, 1.165) is 21.3 Å². The third-order valence-corrected chi connectivity index (χ3v) is 5.07. The second-order valence-electron chi connectivity index (χ2n) is 5.45. The molecule has 0 spiro atoms. The van der Waals surface area contributed by atoms with Gasteiger partial charge in [-0.05, 0) is 49.9 Å². The van der Waals surface area contributed by atoms with Crippen LogP contribution in [0.2, 0.25) is 0 Å². The molecule has 2 rings (SSSR count). The predicted octanol–water partition coefficient (Wildman–Crippen LogP) is 3.39. The number of carboxylic acid groups (broad SMARTS) is 1. The molecule has 0 saturated carbocycles. The Morgan fingerprint density at radius 1 is 1.24 bits per heavy atom. The zero-order valence-electron chi connectivity index (χ0n) is 12.1. The number of carbonyl (C=O) groups is 2. The molecule has 2 amide bonds. The number of nitrogens with one attached hydrogen (secondary N) is 1. The number of urea groups is 1. The van der Waals surface area contributed by atoms with E-state index in [2.05, 4.69) is 21.2 Å². The molecule has 1 heterocycles. The van der Waals surface area contributed by atoms with Gasteiger partial charge >= 0.3 is 12.0 Å². The number of hydrogen-bond donors (Lipinski definition) is 2. The summed E-state index contributed by atoms with van der Waals surface area (Å²) in [5.41, 5.74) is 2.89. The molecule has 5 nitrogen and oxygen atoms in total. The lowest BCUT2D eigenvalue weighted by Crippen LogP contribution is -2.42. The van der Waals surface area contributed by atoms with E-state index in [1.165, 1.54) is 0 Å². The van der Waals surface area contributed by atoms with Crippen LogP contribution in [0.25, 0.3) is 0 Å². The lowest BCUT2D eigenvalue weighted by atomic mass is 9.97. The number of nitrogens with zero attached hydrogens (tertiary/aromatic N) is 1. The van der Waals surface area contributed by atoms with Crippen LogP contribution >= 0.6 is 15.9 Å². The number of carbonyl (C=O) groups excluding carboxylic acids is 1. The van der Waals surface area contributed by atoms with Gasteiger partial charge in [0.15, 0.2) is 0 Å². The van der Waals surface area contributed by atoms with E-state index < -0.39 is 5.97 Å². The molecule has 0 unspecified atom stereocenters. The Morgan fingerprint density at radius 3 is 2.24 bits per heavy atom. The molecular weight excluding hydrogens is 336 g/mol. The Balaban J connectivity index is 1.98. The summed E-state index contributed by atoms with van der Waals surface area (Å²) in [4.78, 5) is 24.8. The fourth-order valence-corrected chi connectivity index (χ4v) is 2.78.